The van der Waals surface area contributed by atoms with Crippen molar-refractivity contribution in [2.24, 2.45) is 10.9 Å². The van der Waals surface area contributed by atoms with Crippen molar-refractivity contribution in [1.82, 2.24) is 4.98 Å². The van der Waals surface area contributed by atoms with E-state index in [0.717, 1.165) is 25.1 Å². The lowest BCUT2D eigenvalue weighted by Crippen LogP contribution is -1.98. The lowest BCUT2D eigenvalue weighted by atomic mass is 10.0. The quantitative estimate of drug-likeness (QED) is 0.785. The fraction of sp³-hybridized carbons (Fsp3) is 0.500. The summed E-state index contributed by atoms with van der Waals surface area (Å²) in [6, 6.07) is 4.34. The average Bonchev–Trinajstić information content (AvgIpc) is 2.71. The normalized spacial score (nSPS) is 15.5. The summed E-state index contributed by atoms with van der Waals surface area (Å²) in [7, 11) is 0. The lowest BCUT2D eigenvalue weighted by Gasteiger charge is -2.07. The van der Waals surface area contributed by atoms with E-state index in [0.29, 0.717) is 5.92 Å². The first-order valence-electron chi connectivity index (χ1n) is 6.80. The first-order chi connectivity index (χ1) is 8.61. The van der Waals surface area contributed by atoms with Crippen molar-refractivity contribution < 1.29 is 0 Å². The van der Waals surface area contributed by atoms with Crippen LogP contribution in [0.3, 0.4) is 0 Å². The first kappa shape index (κ1) is 13.0. The molecule has 2 heterocycles. The molecule has 0 radical (unpaired) electrons. The van der Waals surface area contributed by atoms with Crippen LogP contribution in [-0.2, 0) is 6.42 Å². The summed E-state index contributed by atoms with van der Waals surface area (Å²) in [6.45, 7) is 9.59. The van der Waals surface area contributed by atoms with Crippen LogP contribution in [0.5, 0.6) is 0 Å². The van der Waals surface area contributed by atoms with Gasteiger partial charge in [0, 0.05) is 17.5 Å². The topological polar surface area (TPSA) is 25.2 Å². The molecular weight excluding hydrogens is 220 g/mol. The second-order valence-electron chi connectivity index (χ2n) is 5.37. The molecule has 0 fully saturated rings. The maximum absolute atomic E-state index is 4.60. The Morgan fingerprint density at radius 1 is 1.28 bits per heavy atom. The third-order valence-electron chi connectivity index (χ3n) is 3.43. The molecule has 1 aromatic heterocycles. The Bertz CT molecular complexity index is 478. The molecule has 2 nitrogen and oxygen atoms in total. The Hall–Kier alpha value is -1.44. The molecule has 0 bridgehead atoms. The van der Waals surface area contributed by atoms with Crippen molar-refractivity contribution in [2.45, 2.75) is 40.5 Å². The highest BCUT2D eigenvalue weighted by atomic mass is 14.8. The minimum absolute atomic E-state index is 0.681. The van der Waals surface area contributed by atoms with Crippen LogP contribution in [0.25, 0.3) is 5.57 Å². The van der Waals surface area contributed by atoms with Gasteiger partial charge in [-0.05, 0) is 42.9 Å². The summed E-state index contributed by atoms with van der Waals surface area (Å²) in [5.41, 5.74) is 6.26. The molecule has 0 aromatic carbocycles. The highest BCUT2D eigenvalue weighted by Crippen LogP contribution is 2.25. The van der Waals surface area contributed by atoms with E-state index in [1.165, 1.54) is 22.4 Å². The van der Waals surface area contributed by atoms with Gasteiger partial charge >= 0.3 is 0 Å². The zero-order valence-electron chi connectivity index (χ0n) is 11.8. The molecule has 0 unspecified atom stereocenters. The molecule has 1 aliphatic heterocycles. The smallest absolute Gasteiger partial charge is 0.0683 e. The lowest BCUT2D eigenvalue weighted by molar-refractivity contribution is 0.645. The minimum atomic E-state index is 0.681. The molecule has 2 rings (SSSR count). The van der Waals surface area contributed by atoms with Gasteiger partial charge in [-0.2, -0.15) is 0 Å². The van der Waals surface area contributed by atoms with E-state index in [1.54, 1.807) is 0 Å². The largest absolute Gasteiger partial charge is 0.285 e. The van der Waals surface area contributed by atoms with Gasteiger partial charge in [0.25, 0.3) is 0 Å². The highest BCUT2D eigenvalue weighted by molar-refractivity contribution is 6.08. The Labute approximate surface area is 110 Å². The molecular formula is C16H22N2. The summed E-state index contributed by atoms with van der Waals surface area (Å²) in [6.07, 6.45) is 4.13. The van der Waals surface area contributed by atoms with E-state index < -0.39 is 0 Å². The third kappa shape index (κ3) is 2.69. The number of aromatic nitrogens is 1. The Morgan fingerprint density at radius 2 is 2.06 bits per heavy atom. The monoisotopic (exact) mass is 242 g/mol. The molecule has 0 saturated carbocycles. The number of allylic oxidation sites excluding steroid dienone is 1. The van der Waals surface area contributed by atoms with E-state index in [9.17, 15) is 0 Å². The highest BCUT2D eigenvalue weighted by Gasteiger charge is 2.16. The summed E-state index contributed by atoms with van der Waals surface area (Å²) >= 11 is 0. The van der Waals surface area contributed by atoms with Gasteiger partial charge in [0.2, 0.25) is 0 Å². The van der Waals surface area contributed by atoms with E-state index in [4.69, 9.17) is 0 Å². The molecule has 0 N–H and O–H groups in total. The number of hydrogen-bond acceptors (Lipinski definition) is 2. The Morgan fingerprint density at radius 3 is 2.56 bits per heavy atom. The molecule has 2 heteroatoms. The molecule has 1 aromatic rings. The van der Waals surface area contributed by atoms with Gasteiger partial charge in [-0.1, -0.05) is 26.8 Å². The number of aliphatic imine (C=N–C) groups is 1. The second kappa shape index (κ2) is 5.47. The average molecular weight is 242 g/mol. The van der Waals surface area contributed by atoms with Crippen LogP contribution < -0.4 is 0 Å². The van der Waals surface area contributed by atoms with Crippen molar-refractivity contribution in [3.05, 3.63) is 35.2 Å². The van der Waals surface area contributed by atoms with Crippen LogP contribution in [0.2, 0.25) is 0 Å². The maximum Gasteiger partial charge on any atom is 0.0683 e. The summed E-state index contributed by atoms with van der Waals surface area (Å²) in [5, 5.41) is 0. The molecule has 0 atom stereocenters. The SMILES string of the molecule is CCC1=NCC(c2ccc(CC(C)C)cn2)=C1C. The molecule has 96 valence electrons. The molecule has 18 heavy (non-hydrogen) atoms. The van der Waals surface area contributed by atoms with Crippen molar-refractivity contribution >= 4 is 11.3 Å². The third-order valence-corrected chi connectivity index (χ3v) is 3.43. The van der Waals surface area contributed by atoms with E-state index >= 15 is 0 Å². The zero-order valence-corrected chi connectivity index (χ0v) is 11.8. The number of nitrogens with zero attached hydrogens (tertiary/aromatic N) is 2. The van der Waals surface area contributed by atoms with Gasteiger partial charge in [0.05, 0.1) is 12.2 Å². The van der Waals surface area contributed by atoms with E-state index in [1.807, 2.05) is 6.20 Å². The van der Waals surface area contributed by atoms with Gasteiger partial charge in [0.15, 0.2) is 0 Å². The summed E-state index contributed by atoms with van der Waals surface area (Å²) in [5.74, 6) is 0.681. The fourth-order valence-corrected chi connectivity index (χ4v) is 2.43. The van der Waals surface area contributed by atoms with Gasteiger partial charge in [-0.15, -0.1) is 0 Å². The van der Waals surface area contributed by atoms with Gasteiger partial charge in [-0.25, -0.2) is 0 Å². The van der Waals surface area contributed by atoms with Gasteiger partial charge < -0.3 is 0 Å². The van der Waals surface area contributed by atoms with E-state index in [2.05, 4.69) is 49.8 Å². The van der Waals surface area contributed by atoms with Gasteiger partial charge in [0.1, 0.15) is 0 Å². The summed E-state index contributed by atoms with van der Waals surface area (Å²) < 4.78 is 0. The van der Waals surface area contributed by atoms with E-state index in [-0.39, 0.29) is 0 Å². The number of hydrogen-bond donors (Lipinski definition) is 0. The van der Waals surface area contributed by atoms with Gasteiger partial charge in [-0.3, -0.25) is 9.98 Å². The van der Waals surface area contributed by atoms with Crippen LogP contribution in [0.4, 0.5) is 0 Å². The molecule has 0 aliphatic carbocycles. The predicted octanol–water partition coefficient (Wildman–Crippen LogP) is 3.92. The molecule has 0 amide bonds. The molecule has 0 saturated heterocycles. The van der Waals surface area contributed by atoms with Crippen LogP contribution >= 0.6 is 0 Å². The van der Waals surface area contributed by atoms with Crippen LogP contribution in [0, 0.1) is 5.92 Å². The standard InChI is InChI=1S/C16H22N2/c1-5-15-12(4)14(10-18-15)16-7-6-13(9-17-16)8-11(2)3/h6-7,9,11H,5,8,10H2,1-4H3. The molecule has 1 aliphatic rings. The summed E-state index contributed by atoms with van der Waals surface area (Å²) in [4.78, 5) is 9.17. The minimum Gasteiger partial charge on any atom is -0.285 e. The first-order valence-corrected chi connectivity index (χ1v) is 6.80. The second-order valence-corrected chi connectivity index (χ2v) is 5.37. The maximum atomic E-state index is 4.60. The van der Waals surface area contributed by atoms with Crippen molar-refractivity contribution in [2.75, 3.05) is 6.54 Å². The fourth-order valence-electron chi connectivity index (χ4n) is 2.43. The molecule has 0 spiro atoms. The van der Waals surface area contributed by atoms with Crippen LogP contribution in [0.15, 0.2) is 28.9 Å². The van der Waals surface area contributed by atoms with Crippen LogP contribution in [-0.4, -0.2) is 17.2 Å². The van der Waals surface area contributed by atoms with Crippen molar-refractivity contribution in [3.8, 4) is 0 Å². The predicted molar refractivity (Wildman–Crippen MR) is 78.0 cm³/mol. The van der Waals surface area contributed by atoms with Crippen molar-refractivity contribution in [1.29, 1.82) is 0 Å². The zero-order chi connectivity index (χ0) is 13.1. The Kier molecular flexibility index (Phi) is 3.95. The van der Waals surface area contributed by atoms with Crippen LogP contribution in [0.1, 0.15) is 45.4 Å². The number of pyridine rings is 1. The van der Waals surface area contributed by atoms with Crippen molar-refractivity contribution in [3.63, 3.8) is 0 Å². The number of rotatable bonds is 4. The Balaban J connectivity index is 2.19.